The molecule has 1 amide bonds. The average Bonchev–Trinajstić information content (AvgIpc) is 3.31. The molecule has 0 spiro atoms. The topological polar surface area (TPSA) is 89.7 Å². The van der Waals surface area contributed by atoms with Crippen LogP contribution >= 0.6 is 0 Å². The zero-order valence-electron chi connectivity index (χ0n) is 15.4. The highest BCUT2D eigenvalue weighted by Crippen LogP contribution is 2.21. The highest BCUT2D eigenvalue weighted by molar-refractivity contribution is 5.81. The minimum absolute atomic E-state index is 0.0839. The van der Waals surface area contributed by atoms with Gasteiger partial charge in [-0.2, -0.15) is 10.2 Å². The smallest absolute Gasteiger partial charge is 0.241 e. The van der Waals surface area contributed by atoms with Crippen molar-refractivity contribution in [3.63, 3.8) is 0 Å². The summed E-state index contributed by atoms with van der Waals surface area (Å²) in [5.41, 5.74) is 1.57. The number of nitrogens with one attached hydrogen (secondary N) is 2. The summed E-state index contributed by atoms with van der Waals surface area (Å²) in [5.74, 6) is -0.632. The number of nitrogens with zero attached hydrogens (tertiary/aromatic N) is 5. The first kappa shape index (κ1) is 18.5. The molecular formula is C19H17F2N7O. The molecule has 0 aliphatic carbocycles. The van der Waals surface area contributed by atoms with E-state index in [0.717, 1.165) is 23.6 Å². The van der Waals surface area contributed by atoms with E-state index >= 15 is 0 Å². The highest BCUT2D eigenvalue weighted by Gasteiger charge is 2.10. The van der Waals surface area contributed by atoms with Crippen molar-refractivity contribution in [1.29, 1.82) is 0 Å². The highest BCUT2D eigenvalue weighted by atomic mass is 19.1. The summed E-state index contributed by atoms with van der Waals surface area (Å²) in [7, 11) is 1.56. The molecule has 29 heavy (non-hydrogen) atoms. The molecule has 0 fully saturated rings. The Bertz CT molecular complexity index is 1180. The van der Waals surface area contributed by atoms with Gasteiger partial charge in [0.1, 0.15) is 24.0 Å². The van der Waals surface area contributed by atoms with E-state index in [1.165, 1.54) is 4.68 Å². The van der Waals surface area contributed by atoms with Gasteiger partial charge >= 0.3 is 0 Å². The lowest BCUT2D eigenvalue weighted by atomic mass is 10.2. The Balaban J connectivity index is 1.57. The molecule has 10 heteroatoms. The fraction of sp³-hybridized carbons (Fsp3) is 0.158. The number of benzene rings is 1. The van der Waals surface area contributed by atoms with Gasteiger partial charge in [-0.05, 0) is 18.2 Å². The average molecular weight is 397 g/mol. The lowest BCUT2D eigenvalue weighted by Gasteiger charge is -2.07. The Hall–Kier alpha value is -3.82. The SMILES string of the molecule is CNC(=O)Cn1cc(Nc2cc3c(cn2)cnn3Cc2cc(F)ccc2F)cn1. The molecule has 8 nitrogen and oxygen atoms in total. The fourth-order valence-corrected chi connectivity index (χ4v) is 2.88. The predicted molar refractivity (Wildman–Crippen MR) is 103 cm³/mol. The Labute approximate surface area is 164 Å². The van der Waals surface area contributed by atoms with Crippen molar-refractivity contribution >= 4 is 28.3 Å². The third-order valence-electron chi connectivity index (χ3n) is 4.34. The quantitative estimate of drug-likeness (QED) is 0.522. The van der Waals surface area contributed by atoms with E-state index < -0.39 is 11.6 Å². The minimum Gasteiger partial charge on any atom is -0.358 e. The molecule has 0 aliphatic rings. The molecule has 0 unspecified atom stereocenters. The number of hydrogen-bond donors (Lipinski definition) is 2. The van der Waals surface area contributed by atoms with Crippen molar-refractivity contribution < 1.29 is 13.6 Å². The summed E-state index contributed by atoms with van der Waals surface area (Å²) in [6.45, 7) is 0.192. The van der Waals surface area contributed by atoms with E-state index in [1.807, 2.05) is 0 Å². The van der Waals surface area contributed by atoms with Crippen LogP contribution in [0.15, 0.2) is 49.1 Å². The van der Waals surface area contributed by atoms with E-state index in [4.69, 9.17) is 0 Å². The summed E-state index contributed by atoms with van der Waals surface area (Å²) in [4.78, 5) is 15.8. The van der Waals surface area contributed by atoms with Crippen LogP contribution in [0.2, 0.25) is 0 Å². The molecule has 0 bridgehead atoms. The van der Waals surface area contributed by atoms with Crippen LogP contribution in [0.4, 0.5) is 20.3 Å². The second-order valence-corrected chi connectivity index (χ2v) is 6.39. The van der Waals surface area contributed by atoms with Crippen molar-refractivity contribution in [3.8, 4) is 0 Å². The number of rotatable bonds is 6. The molecule has 4 aromatic rings. The van der Waals surface area contributed by atoms with Crippen LogP contribution in [0.25, 0.3) is 10.9 Å². The van der Waals surface area contributed by atoms with Crippen LogP contribution in [0.3, 0.4) is 0 Å². The number of halogens is 2. The van der Waals surface area contributed by atoms with Gasteiger partial charge < -0.3 is 10.6 Å². The van der Waals surface area contributed by atoms with Crippen LogP contribution in [0.1, 0.15) is 5.56 Å². The lowest BCUT2D eigenvalue weighted by Crippen LogP contribution is -2.23. The second-order valence-electron chi connectivity index (χ2n) is 6.39. The Morgan fingerprint density at radius 1 is 1.14 bits per heavy atom. The van der Waals surface area contributed by atoms with Gasteiger partial charge in [0.25, 0.3) is 0 Å². The second kappa shape index (κ2) is 7.66. The molecule has 2 N–H and O–H groups in total. The molecular weight excluding hydrogens is 380 g/mol. The van der Waals surface area contributed by atoms with Gasteiger partial charge in [0.15, 0.2) is 0 Å². The van der Waals surface area contributed by atoms with E-state index in [9.17, 15) is 13.6 Å². The fourth-order valence-electron chi connectivity index (χ4n) is 2.88. The molecule has 148 valence electrons. The number of aromatic nitrogens is 5. The molecule has 0 saturated heterocycles. The number of anilines is 2. The minimum atomic E-state index is -0.504. The van der Waals surface area contributed by atoms with Gasteiger partial charge in [-0.3, -0.25) is 14.2 Å². The zero-order chi connectivity index (χ0) is 20.4. The van der Waals surface area contributed by atoms with Crippen LogP contribution < -0.4 is 10.6 Å². The Morgan fingerprint density at radius 2 is 2.00 bits per heavy atom. The van der Waals surface area contributed by atoms with E-state index in [2.05, 4.69) is 25.8 Å². The van der Waals surface area contributed by atoms with Crippen LogP contribution in [-0.4, -0.2) is 37.5 Å². The maximum absolute atomic E-state index is 14.0. The monoisotopic (exact) mass is 397 g/mol. The van der Waals surface area contributed by atoms with Gasteiger partial charge in [0.05, 0.1) is 30.1 Å². The van der Waals surface area contributed by atoms with E-state index in [1.54, 1.807) is 42.6 Å². The summed E-state index contributed by atoms with van der Waals surface area (Å²) < 4.78 is 30.5. The first-order valence-corrected chi connectivity index (χ1v) is 8.77. The van der Waals surface area contributed by atoms with Gasteiger partial charge in [0, 0.05) is 36.5 Å². The van der Waals surface area contributed by atoms with Crippen LogP contribution in [-0.2, 0) is 17.9 Å². The number of carbonyl (C=O) groups is 1. The van der Waals surface area contributed by atoms with Crippen molar-refractivity contribution in [2.75, 3.05) is 12.4 Å². The number of carbonyl (C=O) groups excluding carboxylic acids is 1. The largest absolute Gasteiger partial charge is 0.358 e. The Kier molecular flexibility index (Phi) is 4.90. The third-order valence-corrected chi connectivity index (χ3v) is 4.34. The predicted octanol–water partition coefficient (Wildman–Crippen LogP) is 2.44. The molecule has 3 aromatic heterocycles. The van der Waals surface area contributed by atoms with E-state index in [0.29, 0.717) is 17.0 Å². The van der Waals surface area contributed by atoms with Crippen LogP contribution in [0.5, 0.6) is 0 Å². The van der Waals surface area contributed by atoms with Gasteiger partial charge in [-0.1, -0.05) is 0 Å². The number of fused-ring (bicyclic) bond motifs is 1. The van der Waals surface area contributed by atoms with Gasteiger partial charge in [-0.15, -0.1) is 0 Å². The summed E-state index contributed by atoms with van der Waals surface area (Å²) >= 11 is 0. The first-order chi connectivity index (χ1) is 14.0. The van der Waals surface area contributed by atoms with E-state index in [-0.39, 0.29) is 24.6 Å². The maximum Gasteiger partial charge on any atom is 0.241 e. The summed E-state index contributed by atoms with van der Waals surface area (Å²) in [6, 6.07) is 5.09. The molecule has 0 aliphatic heterocycles. The first-order valence-electron chi connectivity index (χ1n) is 8.77. The molecule has 0 atom stereocenters. The maximum atomic E-state index is 14.0. The van der Waals surface area contributed by atoms with Crippen molar-refractivity contribution in [2.45, 2.75) is 13.1 Å². The third kappa shape index (κ3) is 4.05. The summed E-state index contributed by atoms with van der Waals surface area (Å²) in [6.07, 6.45) is 6.51. The zero-order valence-corrected chi connectivity index (χ0v) is 15.4. The van der Waals surface area contributed by atoms with Crippen LogP contribution in [0, 0.1) is 11.6 Å². The molecule has 3 heterocycles. The lowest BCUT2D eigenvalue weighted by molar-refractivity contribution is -0.121. The number of hydrogen-bond acceptors (Lipinski definition) is 5. The van der Waals surface area contributed by atoms with Crippen molar-refractivity contribution in [1.82, 2.24) is 29.9 Å². The number of likely N-dealkylation sites (N-methyl/N-ethyl adjacent to an activating group) is 1. The van der Waals surface area contributed by atoms with Gasteiger partial charge in [0.2, 0.25) is 5.91 Å². The molecule has 1 aromatic carbocycles. The number of amides is 1. The van der Waals surface area contributed by atoms with Crippen molar-refractivity contribution in [3.05, 3.63) is 66.3 Å². The molecule has 0 saturated carbocycles. The Morgan fingerprint density at radius 3 is 2.83 bits per heavy atom. The molecule has 4 rings (SSSR count). The standard InChI is InChI=1S/C19H17F2N7O/c1-22-19(29)11-27-10-15(8-24-27)26-18-5-17-13(6-23-18)7-25-28(17)9-12-4-14(20)2-3-16(12)21/h2-8,10H,9,11H2,1H3,(H,22,29)(H,23,26). The normalized spacial score (nSPS) is 11.0. The van der Waals surface area contributed by atoms with Crippen molar-refractivity contribution in [2.24, 2.45) is 0 Å². The summed E-state index contributed by atoms with van der Waals surface area (Å²) in [5, 5.41) is 14.8. The molecule has 0 radical (unpaired) electrons. The van der Waals surface area contributed by atoms with Gasteiger partial charge in [-0.25, -0.2) is 13.8 Å². The number of pyridine rings is 1.